The maximum Gasteiger partial charge on any atom is 0.416 e. The average Bonchev–Trinajstić information content (AvgIpc) is 2.84. The van der Waals surface area contributed by atoms with Crippen molar-refractivity contribution in [3.8, 4) is 0 Å². The Morgan fingerprint density at radius 3 is 2.46 bits per heavy atom. The van der Waals surface area contributed by atoms with Gasteiger partial charge in [0.25, 0.3) is 0 Å². The van der Waals surface area contributed by atoms with Gasteiger partial charge in [-0.25, -0.2) is 0 Å². The molecule has 0 aliphatic heterocycles. The summed E-state index contributed by atoms with van der Waals surface area (Å²) in [6.45, 7) is 3.86. The lowest BCUT2D eigenvalue weighted by atomic mass is 10.1. The predicted octanol–water partition coefficient (Wildman–Crippen LogP) is 3.86. The number of aromatic nitrogens is 1. The van der Waals surface area contributed by atoms with E-state index in [2.05, 4.69) is 10.5 Å². The second kappa shape index (κ2) is 7.74. The molecule has 1 N–H and O–H groups in total. The van der Waals surface area contributed by atoms with E-state index in [1.54, 1.807) is 0 Å². The minimum Gasteiger partial charge on any atom is -0.361 e. The predicted molar refractivity (Wildman–Crippen MR) is 85.4 cm³/mol. The van der Waals surface area contributed by atoms with Crippen molar-refractivity contribution in [2.75, 3.05) is 5.75 Å². The van der Waals surface area contributed by atoms with Gasteiger partial charge in [0.05, 0.1) is 17.0 Å². The zero-order valence-corrected chi connectivity index (χ0v) is 14.1. The molecule has 0 aliphatic rings. The van der Waals surface area contributed by atoms with Crippen molar-refractivity contribution < 1.29 is 22.5 Å². The van der Waals surface area contributed by atoms with E-state index in [-0.39, 0.29) is 18.2 Å². The number of benzene rings is 1. The van der Waals surface area contributed by atoms with Gasteiger partial charge >= 0.3 is 6.18 Å². The van der Waals surface area contributed by atoms with Crippen LogP contribution in [0.25, 0.3) is 0 Å². The third kappa shape index (κ3) is 5.02. The largest absolute Gasteiger partial charge is 0.416 e. The van der Waals surface area contributed by atoms with Crippen LogP contribution >= 0.6 is 11.8 Å². The molecule has 1 heterocycles. The molecule has 1 aromatic heterocycles. The van der Waals surface area contributed by atoms with Crippen molar-refractivity contribution in [2.24, 2.45) is 0 Å². The molecule has 1 aromatic carbocycles. The van der Waals surface area contributed by atoms with Crippen LogP contribution in [0.5, 0.6) is 0 Å². The summed E-state index contributed by atoms with van der Waals surface area (Å²) in [4.78, 5) is 11.8. The SMILES string of the molecule is Cc1noc(C)c1CSCC(=O)NCc1ccc(C(F)(F)F)cc1. The van der Waals surface area contributed by atoms with Crippen molar-refractivity contribution in [1.82, 2.24) is 10.5 Å². The summed E-state index contributed by atoms with van der Waals surface area (Å²) in [5, 5.41) is 6.53. The topological polar surface area (TPSA) is 55.1 Å². The van der Waals surface area contributed by atoms with E-state index in [0.29, 0.717) is 11.3 Å². The van der Waals surface area contributed by atoms with E-state index in [1.165, 1.54) is 23.9 Å². The van der Waals surface area contributed by atoms with Crippen LogP contribution in [0.2, 0.25) is 0 Å². The lowest BCUT2D eigenvalue weighted by Gasteiger charge is -2.08. The molecule has 0 bridgehead atoms. The Hall–Kier alpha value is -1.96. The number of alkyl halides is 3. The summed E-state index contributed by atoms with van der Waals surface area (Å²) in [7, 11) is 0. The van der Waals surface area contributed by atoms with Crippen LogP contribution in [0.4, 0.5) is 13.2 Å². The molecule has 130 valence electrons. The number of nitrogens with zero attached hydrogens (tertiary/aromatic N) is 1. The number of rotatable bonds is 6. The maximum atomic E-state index is 12.5. The quantitative estimate of drug-likeness (QED) is 0.852. The van der Waals surface area contributed by atoms with Crippen molar-refractivity contribution in [3.05, 3.63) is 52.4 Å². The highest BCUT2D eigenvalue weighted by Gasteiger charge is 2.29. The molecule has 4 nitrogen and oxygen atoms in total. The van der Waals surface area contributed by atoms with Crippen LogP contribution in [-0.2, 0) is 23.3 Å². The zero-order chi connectivity index (χ0) is 17.7. The summed E-state index contributed by atoms with van der Waals surface area (Å²) in [5.74, 6) is 1.44. The molecule has 24 heavy (non-hydrogen) atoms. The Kier molecular flexibility index (Phi) is 5.93. The summed E-state index contributed by atoms with van der Waals surface area (Å²) in [5.41, 5.74) is 1.71. The average molecular weight is 358 g/mol. The third-order valence-corrected chi connectivity index (χ3v) is 4.39. The smallest absolute Gasteiger partial charge is 0.361 e. The normalized spacial score (nSPS) is 11.5. The fourth-order valence-corrected chi connectivity index (χ4v) is 3.02. The lowest BCUT2D eigenvalue weighted by molar-refractivity contribution is -0.137. The fourth-order valence-electron chi connectivity index (χ4n) is 2.02. The first-order valence-electron chi connectivity index (χ1n) is 7.19. The molecule has 0 unspecified atom stereocenters. The lowest BCUT2D eigenvalue weighted by Crippen LogP contribution is -2.24. The highest BCUT2D eigenvalue weighted by atomic mass is 32.2. The minimum atomic E-state index is -4.35. The molecule has 0 aliphatic carbocycles. The van der Waals surface area contributed by atoms with E-state index in [1.807, 2.05) is 13.8 Å². The number of carbonyl (C=O) groups is 1. The first kappa shape index (κ1) is 18.4. The van der Waals surface area contributed by atoms with Gasteiger partial charge < -0.3 is 9.84 Å². The summed E-state index contributed by atoms with van der Waals surface area (Å²) in [6.07, 6.45) is -4.35. The molecule has 0 fully saturated rings. The van der Waals surface area contributed by atoms with Crippen LogP contribution in [0.3, 0.4) is 0 Å². The molecule has 0 saturated heterocycles. The monoisotopic (exact) mass is 358 g/mol. The van der Waals surface area contributed by atoms with Gasteiger partial charge in [0, 0.05) is 17.9 Å². The second-order valence-corrected chi connectivity index (χ2v) is 6.25. The second-order valence-electron chi connectivity index (χ2n) is 5.27. The standard InChI is InChI=1S/C16H17F3N2O2S/c1-10-14(11(2)23-21-10)8-24-9-15(22)20-7-12-3-5-13(6-4-12)16(17,18)19/h3-6H,7-9H2,1-2H3,(H,20,22). The van der Waals surface area contributed by atoms with Crippen molar-refractivity contribution in [2.45, 2.75) is 32.3 Å². The number of hydrogen-bond acceptors (Lipinski definition) is 4. The summed E-state index contributed by atoms with van der Waals surface area (Å²) < 4.78 is 42.4. The van der Waals surface area contributed by atoms with Crippen LogP contribution in [0, 0.1) is 13.8 Å². The Bertz CT molecular complexity index is 677. The molecule has 0 radical (unpaired) electrons. The van der Waals surface area contributed by atoms with Crippen LogP contribution in [0.1, 0.15) is 28.1 Å². The fraction of sp³-hybridized carbons (Fsp3) is 0.375. The molecular formula is C16H17F3N2O2S. The van der Waals surface area contributed by atoms with Gasteiger partial charge in [0.1, 0.15) is 5.76 Å². The first-order chi connectivity index (χ1) is 11.3. The van der Waals surface area contributed by atoms with Gasteiger partial charge in [-0.3, -0.25) is 4.79 Å². The van der Waals surface area contributed by atoms with Crippen LogP contribution < -0.4 is 5.32 Å². The minimum absolute atomic E-state index is 0.174. The van der Waals surface area contributed by atoms with E-state index < -0.39 is 11.7 Å². The molecule has 0 atom stereocenters. The number of amides is 1. The van der Waals surface area contributed by atoms with Gasteiger partial charge in [0.15, 0.2) is 0 Å². The Balaban J connectivity index is 1.75. The van der Waals surface area contributed by atoms with E-state index in [4.69, 9.17) is 4.52 Å². The molecule has 1 amide bonds. The Labute approximate surface area is 141 Å². The van der Waals surface area contributed by atoms with Crippen LogP contribution in [-0.4, -0.2) is 16.8 Å². The first-order valence-corrected chi connectivity index (χ1v) is 8.35. The molecule has 0 spiro atoms. The Morgan fingerprint density at radius 2 is 1.92 bits per heavy atom. The summed E-state index contributed by atoms with van der Waals surface area (Å²) >= 11 is 1.43. The molecule has 8 heteroatoms. The van der Waals surface area contributed by atoms with Crippen molar-refractivity contribution in [3.63, 3.8) is 0 Å². The number of hydrogen-bond donors (Lipinski definition) is 1. The Morgan fingerprint density at radius 1 is 1.25 bits per heavy atom. The van der Waals surface area contributed by atoms with E-state index >= 15 is 0 Å². The van der Waals surface area contributed by atoms with Gasteiger partial charge in [-0.05, 0) is 31.5 Å². The van der Waals surface area contributed by atoms with E-state index in [0.717, 1.165) is 29.2 Å². The zero-order valence-electron chi connectivity index (χ0n) is 13.2. The number of halogens is 3. The number of aryl methyl sites for hydroxylation is 2. The number of carbonyl (C=O) groups excluding carboxylic acids is 1. The third-order valence-electron chi connectivity index (χ3n) is 3.43. The van der Waals surface area contributed by atoms with Gasteiger partial charge in [-0.1, -0.05) is 17.3 Å². The molecule has 0 saturated carbocycles. The molecule has 2 aromatic rings. The van der Waals surface area contributed by atoms with Crippen LogP contribution in [0.15, 0.2) is 28.8 Å². The summed E-state index contributed by atoms with van der Waals surface area (Å²) in [6, 6.07) is 4.74. The van der Waals surface area contributed by atoms with E-state index in [9.17, 15) is 18.0 Å². The molecular weight excluding hydrogens is 341 g/mol. The van der Waals surface area contributed by atoms with Gasteiger partial charge in [-0.15, -0.1) is 11.8 Å². The highest BCUT2D eigenvalue weighted by molar-refractivity contribution is 7.99. The number of thioether (sulfide) groups is 1. The maximum absolute atomic E-state index is 12.5. The van der Waals surface area contributed by atoms with Gasteiger partial charge in [-0.2, -0.15) is 13.2 Å². The van der Waals surface area contributed by atoms with Crippen molar-refractivity contribution in [1.29, 1.82) is 0 Å². The highest BCUT2D eigenvalue weighted by Crippen LogP contribution is 2.29. The molecule has 2 rings (SSSR count). The van der Waals surface area contributed by atoms with Gasteiger partial charge in [0.2, 0.25) is 5.91 Å². The van der Waals surface area contributed by atoms with Crippen molar-refractivity contribution >= 4 is 17.7 Å². The number of nitrogens with one attached hydrogen (secondary N) is 1.